The highest BCUT2D eigenvalue weighted by atomic mass is 15.2. The molecule has 2 aliphatic rings. The van der Waals surface area contributed by atoms with Crippen molar-refractivity contribution in [2.24, 2.45) is 4.99 Å². The zero-order valence-corrected chi connectivity index (χ0v) is 14.8. The van der Waals surface area contributed by atoms with Crippen LogP contribution in [0.4, 0.5) is 11.4 Å². The van der Waals surface area contributed by atoms with E-state index in [4.69, 9.17) is 4.99 Å². The van der Waals surface area contributed by atoms with Gasteiger partial charge in [0.05, 0.1) is 6.54 Å². The predicted molar refractivity (Wildman–Crippen MR) is 108 cm³/mol. The van der Waals surface area contributed by atoms with Crippen LogP contribution in [0.15, 0.2) is 47.5 Å². The molecule has 128 valence electrons. The van der Waals surface area contributed by atoms with Crippen molar-refractivity contribution in [3.63, 3.8) is 0 Å². The fourth-order valence-corrected chi connectivity index (χ4v) is 3.60. The molecular weight excluding hydrogens is 306 g/mol. The van der Waals surface area contributed by atoms with E-state index >= 15 is 0 Å². The Balaban J connectivity index is 1.61. The number of rotatable bonds is 5. The Morgan fingerprint density at radius 3 is 2.84 bits per heavy atom. The number of anilines is 2. The monoisotopic (exact) mass is 331 g/mol. The van der Waals surface area contributed by atoms with E-state index in [1.165, 1.54) is 41.1 Å². The molecule has 2 aromatic carbocycles. The molecule has 2 heterocycles. The zero-order chi connectivity index (χ0) is 17.1. The van der Waals surface area contributed by atoms with Crippen LogP contribution in [0.2, 0.25) is 0 Å². The van der Waals surface area contributed by atoms with E-state index in [2.05, 4.69) is 71.8 Å². The van der Waals surface area contributed by atoms with Crippen molar-refractivity contribution in [3.05, 3.63) is 59.2 Å². The van der Waals surface area contributed by atoms with Crippen molar-refractivity contribution in [2.45, 2.75) is 26.2 Å². The van der Waals surface area contributed by atoms with E-state index in [9.17, 15) is 0 Å². The first-order valence-electron chi connectivity index (χ1n) is 9.29. The van der Waals surface area contributed by atoms with E-state index in [0.717, 1.165) is 31.7 Å². The molecule has 0 atom stereocenters. The summed E-state index contributed by atoms with van der Waals surface area (Å²) in [6.07, 6.45) is 7.84. The van der Waals surface area contributed by atoms with Gasteiger partial charge in [-0.1, -0.05) is 55.8 Å². The lowest BCUT2D eigenvalue weighted by molar-refractivity contribution is 0.438. The average Bonchev–Trinajstić information content (AvgIpc) is 2.97. The first-order valence-corrected chi connectivity index (χ1v) is 9.29. The van der Waals surface area contributed by atoms with Gasteiger partial charge in [0, 0.05) is 36.4 Å². The summed E-state index contributed by atoms with van der Waals surface area (Å²) in [5, 5.41) is 3.60. The third kappa shape index (κ3) is 3.32. The van der Waals surface area contributed by atoms with E-state index in [1.807, 2.05) is 0 Å². The van der Waals surface area contributed by atoms with Gasteiger partial charge in [0.2, 0.25) is 0 Å². The van der Waals surface area contributed by atoms with Gasteiger partial charge < -0.3 is 10.2 Å². The lowest BCUT2D eigenvalue weighted by Gasteiger charge is -2.21. The second-order valence-corrected chi connectivity index (χ2v) is 6.74. The van der Waals surface area contributed by atoms with Crippen molar-refractivity contribution >= 4 is 29.4 Å². The molecule has 0 radical (unpaired) electrons. The maximum atomic E-state index is 4.78. The van der Waals surface area contributed by atoms with Gasteiger partial charge >= 0.3 is 0 Å². The van der Waals surface area contributed by atoms with E-state index in [-0.39, 0.29) is 0 Å². The maximum Gasteiger partial charge on any atom is 0.103 e. The summed E-state index contributed by atoms with van der Waals surface area (Å²) in [6.45, 7) is 5.39. The van der Waals surface area contributed by atoms with Crippen LogP contribution in [-0.2, 0) is 6.42 Å². The number of amidine groups is 1. The molecule has 0 fully saturated rings. The molecule has 0 aliphatic carbocycles. The number of aliphatic imine (C=N–C) groups is 1. The summed E-state index contributed by atoms with van der Waals surface area (Å²) in [5.74, 6) is 1.25. The van der Waals surface area contributed by atoms with Gasteiger partial charge in [-0.25, -0.2) is 0 Å². The number of hydrogen-bond acceptors (Lipinski definition) is 3. The summed E-state index contributed by atoms with van der Waals surface area (Å²) in [5.41, 5.74) is 6.20. The molecule has 0 aromatic heterocycles. The largest absolute Gasteiger partial charge is 0.358 e. The molecule has 0 amide bonds. The summed E-state index contributed by atoms with van der Waals surface area (Å²) in [7, 11) is 0. The summed E-state index contributed by atoms with van der Waals surface area (Å²) < 4.78 is 0. The molecule has 2 aliphatic heterocycles. The molecule has 0 saturated heterocycles. The minimum absolute atomic E-state index is 0.912. The molecule has 2 aromatic rings. The molecule has 1 N–H and O–H groups in total. The predicted octanol–water partition coefficient (Wildman–Crippen LogP) is 4.97. The molecule has 3 heteroatoms. The number of fused-ring (bicyclic) bond motifs is 2. The number of para-hydroxylation sites is 1. The minimum Gasteiger partial charge on any atom is -0.358 e. The van der Waals surface area contributed by atoms with Crippen molar-refractivity contribution < 1.29 is 0 Å². The van der Waals surface area contributed by atoms with E-state index in [0.29, 0.717) is 0 Å². The second kappa shape index (κ2) is 7.14. The van der Waals surface area contributed by atoms with Gasteiger partial charge in [-0.2, -0.15) is 0 Å². The van der Waals surface area contributed by atoms with Crippen LogP contribution in [0.1, 0.15) is 36.5 Å². The number of hydrogen-bond donors (Lipinski definition) is 1. The molecule has 4 rings (SSSR count). The van der Waals surface area contributed by atoms with Crippen LogP contribution in [0.3, 0.4) is 0 Å². The third-order valence-corrected chi connectivity index (χ3v) is 5.02. The van der Waals surface area contributed by atoms with Crippen molar-refractivity contribution in [1.29, 1.82) is 0 Å². The van der Waals surface area contributed by atoms with Crippen LogP contribution >= 0.6 is 0 Å². The Labute approximate surface area is 150 Å². The Morgan fingerprint density at radius 1 is 1.04 bits per heavy atom. The molecule has 0 spiro atoms. The first-order chi connectivity index (χ1) is 12.3. The average molecular weight is 331 g/mol. The SMILES string of the molecule is CCCCN1CCN=C1Cc1cccc2c1C=Cc1ccccc1N2. The van der Waals surface area contributed by atoms with Crippen LogP contribution in [-0.4, -0.2) is 30.4 Å². The lowest BCUT2D eigenvalue weighted by atomic mass is 10.0. The standard InChI is InChI=1S/C22H25N3/c1-2-3-14-25-15-13-23-22(25)16-18-8-6-10-21-19(18)12-11-17-7-4-5-9-20(17)24-21/h4-12,24H,2-3,13-16H2,1H3. The van der Waals surface area contributed by atoms with Gasteiger partial charge in [-0.05, 0) is 29.7 Å². The highest BCUT2D eigenvalue weighted by Gasteiger charge is 2.19. The Bertz CT molecular complexity index is 820. The summed E-state index contributed by atoms with van der Waals surface area (Å²) in [6, 6.07) is 15.0. The van der Waals surface area contributed by atoms with Crippen LogP contribution in [0.5, 0.6) is 0 Å². The summed E-state index contributed by atoms with van der Waals surface area (Å²) >= 11 is 0. The molecule has 0 unspecified atom stereocenters. The van der Waals surface area contributed by atoms with Crippen LogP contribution < -0.4 is 5.32 Å². The Morgan fingerprint density at radius 2 is 1.92 bits per heavy atom. The number of nitrogens with one attached hydrogen (secondary N) is 1. The van der Waals surface area contributed by atoms with Gasteiger partial charge in [-0.3, -0.25) is 4.99 Å². The van der Waals surface area contributed by atoms with Crippen molar-refractivity contribution in [1.82, 2.24) is 4.90 Å². The van der Waals surface area contributed by atoms with Crippen molar-refractivity contribution in [2.75, 3.05) is 25.0 Å². The van der Waals surface area contributed by atoms with Crippen LogP contribution in [0.25, 0.3) is 12.2 Å². The molecule has 0 saturated carbocycles. The lowest BCUT2D eigenvalue weighted by Crippen LogP contribution is -2.30. The fraction of sp³-hybridized carbons (Fsp3) is 0.318. The minimum atomic E-state index is 0.912. The number of nitrogens with zero attached hydrogens (tertiary/aromatic N) is 2. The first kappa shape index (κ1) is 15.9. The zero-order valence-electron chi connectivity index (χ0n) is 14.8. The molecular formula is C22H25N3. The van der Waals surface area contributed by atoms with Crippen molar-refractivity contribution in [3.8, 4) is 0 Å². The quantitative estimate of drug-likeness (QED) is 0.715. The second-order valence-electron chi connectivity index (χ2n) is 6.74. The van der Waals surface area contributed by atoms with Crippen LogP contribution in [0, 0.1) is 0 Å². The van der Waals surface area contributed by atoms with E-state index < -0.39 is 0 Å². The van der Waals surface area contributed by atoms with Gasteiger partial charge in [0.25, 0.3) is 0 Å². The molecule has 3 nitrogen and oxygen atoms in total. The van der Waals surface area contributed by atoms with E-state index in [1.54, 1.807) is 0 Å². The number of unbranched alkanes of at least 4 members (excludes halogenated alkanes) is 1. The van der Waals surface area contributed by atoms with Gasteiger partial charge in [-0.15, -0.1) is 0 Å². The number of benzene rings is 2. The fourth-order valence-electron chi connectivity index (χ4n) is 3.60. The Kier molecular flexibility index (Phi) is 4.55. The van der Waals surface area contributed by atoms with Gasteiger partial charge in [0.15, 0.2) is 0 Å². The van der Waals surface area contributed by atoms with Gasteiger partial charge in [0.1, 0.15) is 5.84 Å². The molecule has 25 heavy (non-hydrogen) atoms. The smallest absolute Gasteiger partial charge is 0.103 e. The highest BCUT2D eigenvalue weighted by molar-refractivity contribution is 5.92. The summed E-state index contributed by atoms with van der Waals surface area (Å²) in [4.78, 5) is 7.24. The topological polar surface area (TPSA) is 27.6 Å². The highest BCUT2D eigenvalue weighted by Crippen LogP contribution is 2.32. The Hall–Kier alpha value is -2.55. The third-order valence-electron chi connectivity index (χ3n) is 5.02. The maximum absolute atomic E-state index is 4.78. The molecule has 0 bridgehead atoms. The normalized spacial score (nSPS) is 15.2.